The van der Waals surface area contributed by atoms with Crippen LogP contribution in [0.3, 0.4) is 0 Å². The normalized spacial score (nSPS) is 14.4. The lowest BCUT2D eigenvalue weighted by molar-refractivity contribution is -0.384. The molecule has 1 atom stereocenters. The molecule has 0 fully saturated rings. The number of fused-ring (bicyclic) bond motifs is 1. The van der Waals surface area contributed by atoms with Gasteiger partial charge in [0.15, 0.2) is 9.96 Å². The first-order chi connectivity index (χ1) is 22.6. The van der Waals surface area contributed by atoms with Crippen LogP contribution in [-0.2, 0) is 9.53 Å². The van der Waals surface area contributed by atoms with E-state index in [1.54, 1.807) is 44.2 Å². The van der Waals surface area contributed by atoms with Crippen molar-refractivity contribution >= 4 is 58.1 Å². The number of carbonyl (C=O) groups excluding carboxylic acids is 1. The standard InChI is InChI=1S/C33H24ClN5O6S2/c1-3-45-31(42)27-28(19-7-5-4-6-8-19)37-33-38(29(27)20-9-11-22(34)12-10-20)30(41)25(47-33)17-21-16-23(39(43)44)13-14-24(21)46-32-35-18(2)15-26(40)36-32/h4-17,29H,3H2,1-2H3,(H,35,36,40)/b25-17+/t29-/m1/s1. The van der Waals surface area contributed by atoms with Gasteiger partial charge in [-0.3, -0.25) is 24.3 Å². The van der Waals surface area contributed by atoms with Crippen LogP contribution in [0.5, 0.6) is 0 Å². The van der Waals surface area contributed by atoms with Gasteiger partial charge >= 0.3 is 5.97 Å². The lowest BCUT2D eigenvalue weighted by Crippen LogP contribution is -2.40. The number of nitrogens with zero attached hydrogens (tertiary/aromatic N) is 4. The van der Waals surface area contributed by atoms with Gasteiger partial charge in [0.1, 0.15) is 0 Å². The molecule has 1 N–H and O–H groups in total. The molecule has 0 saturated heterocycles. The molecule has 0 bridgehead atoms. The van der Waals surface area contributed by atoms with Crippen molar-refractivity contribution in [1.82, 2.24) is 14.5 Å². The van der Waals surface area contributed by atoms with Crippen molar-refractivity contribution in [3.8, 4) is 0 Å². The summed E-state index contributed by atoms with van der Waals surface area (Å²) in [5.74, 6) is -0.624. The predicted molar refractivity (Wildman–Crippen MR) is 179 cm³/mol. The van der Waals surface area contributed by atoms with Gasteiger partial charge in [-0.05, 0) is 49.2 Å². The summed E-state index contributed by atoms with van der Waals surface area (Å²) < 4.78 is 7.14. The summed E-state index contributed by atoms with van der Waals surface area (Å²) in [5, 5.41) is 12.5. The van der Waals surface area contributed by atoms with Gasteiger partial charge in [-0.15, -0.1) is 0 Å². The van der Waals surface area contributed by atoms with Crippen molar-refractivity contribution in [3.63, 3.8) is 0 Å². The second kappa shape index (κ2) is 13.3. The maximum absolute atomic E-state index is 14.3. The lowest BCUT2D eigenvalue weighted by atomic mass is 9.93. The number of nitro benzene ring substituents is 1. The lowest BCUT2D eigenvalue weighted by Gasteiger charge is -2.25. The number of hydrogen-bond acceptors (Lipinski definition) is 10. The average Bonchev–Trinajstić information content (AvgIpc) is 3.35. The predicted octanol–water partition coefficient (Wildman–Crippen LogP) is 5.04. The molecule has 47 heavy (non-hydrogen) atoms. The smallest absolute Gasteiger partial charge is 0.338 e. The minimum absolute atomic E-state index is 0.108. The molecular formula is C33H24ClN5O6S2. The van der Waals surface area contributed by atoms with Crippen molar-refractivity contribution in [2.75, 3.05) is 6.61 Å². The third-order valence-corrected chi connectivity index (χ3v) is 9.32. The summed E-state index contributed by atoms with van der Waals surface area (Å²) in [7, 11) is 0. The molecule has 3 aromatic carbocycles. The summed E-state index contributed by atoms with van der Waals surface area (Å²) in [6.45, 7) is 3.49. The molecule has 0 aliphatic carbocycles. The maximum Gasteiger partial charge on any atom is 0.338 e. The highest BCUT2D eigenvalue weighted by Gasteiger charge is 2.35. The van der Waals surface area contributed by atoms with Gasteiger partial charge in [-0.25, -0.2) is 14.8 Å². The Morgan fingerprint density at radius 1 is 1.13 bits per heavy atom. The number of nitro groups is 1. The Labute approximate surface area is 279 Å². The molecule has 0 saturated carbocycles. The molecule has 6 rings (SSSR count). The molecule has 5 aromatic rings. The van der Waals surface area contributed by atoms with E-state index >= 15 is 0 Å². The number of aromatic nitrogens is 3. The fraction of sp³-hybridized carbons (Fsp3) is 0.121. The molecule has 1 aliphatic heterocycles. The zero-order valence-electron chi connectivity index (χ0n) is 24.8. The van der Waals surface area contributed by atoms with E-state index in [2.05, 4.69) is 9.97 Å². The Bertz CT molecular complexity index is 2310. The molecule has 1 aliphatic rings. The minimum atomic E-state index is -0.916. The van der Waals surface area contributed by atoms with E-state index in [1.165, 1.54) is 28.8 Å². The van der Waals surface area contributed by atoms with Gasteiger partial charge in [0.25, 0.3) is 16.8 Å². The number of aryl methyl sites for hydroxylation is 1. The Balaban J connectivity index is 1.61. The van der Waals surface area contributed by atoms with E-state index in [4.69, 9.17) is 21.3 Å². The fourth-order valence-corrected chi connectivity index (χ4v) is 7.14. The number of halogens is 1. The van der Waals surface area contributed by atoms with E-state index in [1.807, 2.05) is 30.3 Å². The molecule has 3 heterocycles. The van der Waals surface area contributed by atoms with Crippen LogP contribution >= 0.6 is 34.7 Å². The summed E-state index contributed by atoms with van der Waals surface area (Å²) in [5.41, 5.74) is 1.67. The van der Waals surface area contributed by atoms with Crippen LogP contribution in [0.4, 0.5) is 5.69 Å². The molecule has 0 radical (unpaired) electrons. The highest BCUT2D eigenvalue weighted by atomic mass is 35.5. The second-order valence-corrected chi connectivity index (χ2v) is 12.7. The number of benzene rings is 3. The van der Waals surface area contributed by atoms with E-state index in [0.29, 0.717) is 42.8 Å². The Morgan fingerprint density at radius 3 is 2.55 bits per heavy atom. The van der Waals surface area contributed by atoms with Gasteiger partial charge in [-0.1, -0.05) is 77.2 Å². The number of aromatic amines is 1. The average molecular weight is 686 g/mol. The van der Waals surface area contributed by atoms with E-state index < -0.39 is 22.5 Å². The van der Waals surface area contributed by atoms with Crippen molar-refractivity contribution in [2.24, 2.45) is 4.99 Å². The molecule has 0 amide bonds. The number of carbonyl (C=O) groups is 1. The van der Waals surface area contributed by atoms with Gasteiger partial charge < -0.3 is 9.72 Å². The van der Waals surface area contributed by atoms with E-state index in [9.17, 15) is 24.5 Å². The molecule has 236 valence electrons. The van der Waals surface area contributed by atoms with Crippen LogP contribution in [0, 0.1) is 17.0 Å². The van der Waals surface area contributed by atoms with Crippen molar-refractivity contribution in [3.05, 3.63) is 152 Å². The highest BCUT2D eigenvalue weighted by molar-refractivity contribution is 7.99. The monoisotopic (exact) mass is 685 g/mol. The number of H-pyrrole nitrogens is 1. The Hall–Kier alpha value is -5.11. The van der Waals surface area contributed by atoms with E-state index in [0.717, 1.165) is 23.1 Å². The number of non-ortho nitro benzene ring substituents is 1. The zero-order chi connectivity index (χ0) is 33.2. The van der Waals surface area contributed by atoms with Gasteiger partial charge in [0.05, 0.1) is 33.4 Å². The summed E-state index contributed by atoms with van der Waals surface area (Å²) in [4.78, 5) is 63.9. The Kier molecular flexibility index (Phi) is 9.03. The summed E-state index contributed by atoms with van der Waals surface area (Å²) in [6, 6.07) is 20.6. The van der Waals surface area contributed by atoms with Crippen LogP contribution in [0.25, 0.3) is 11.8 Å². The number of thiazole rings is 1. The Morgan fingerprint density at radius 2 is 1.87 bits per heavy atom. The molecule has 0 spiro atoms. The molecule has 2 aromatic heterocycles. The quantitative estimate of drug-likeness (QED) is 0.103. The van der Waals surface area contributed by atoms with Crippen LogP contribution in [0.1, 0.15) is 35.3 Å². The van der Waals surface area contributed by atoms with Crippen LogP contribution in [-0.4, -0.2) is 32.0 Å². The van der Waals surface area contributed by atoms with Crippen molar-refractivity contribution in [1.29, 1.82) is 0 Å². The number of nitrogens with one attached hydrogen (secondary N) is 1. The first kappa shape index (κ1) is 31.9. The van der Waals surface area contributed by atoms with Crippen LogP contribution in [0.2, 0.25) is 5.02 Å². The molecule has 11 nitrogen and oxygen atoms in total. The SMILES string of the molecule is CCOC(=O)C1=C(c2ccccc2)N=c2s/c(=C/c3cc([N+](=O)[O-])ccc3Sc3nc(C)cc(=O)[nH]3)c(=O)n2[C@@H]1c1ccc(Cl)cc1. The van der Waals surface area contributed by atoms with E-state index in [-0.39, 0.29) is 33.1 Å². The van der Waals surface area contributed by atoms with Gasteiger partial charge in [0, 0.05) is 39.4 Å². The minimum Gasteiger partial charge on any atom is -0.463 e. The maximum atomic E-state index is 14.3. The first-order valence-corrected chi connectivity index (χ1v) is 16.2. The third-order valence-electron chi connectivity index (χ3n) is 7.10. The van der Waals surface area contributed by atoms with Crippen molar-refractivity contribution in [2.45, 2.75) is 29.9 Å². The van der Waals surface area contributed by atoms with Crippen molar-refractivity contribution < 1.29 is 14.5 Å². The van der Waals surface area contributed by atoms with Crippen LogP contribution in [0.15, 0.2) is 109 Å². The molecule has 14 heteroatoms. The van der Waals surface area contributed by atoms with Gasteiger partial charge in [-0.2, -0.15) is 0 Å². The van der Waals surface area contributed by atoms with Crippen LogP contribution < -0.4 is 20.5 Å². The van der Waals surface area contributed by atoms with Gasteiger partial charge in [0.2, 0.25) is 0 Å². The first-order valence-electron chi connectivity index (χ1n) is 14.2. The highest BCUT2D eigenvalue weighted by Crippen LogP contribution is 2.36. The number of esters is 1. The summed E-state index contributed by atoms with van der Waals surface area (Å²) >= 11 is 8.39. The topological polar surface area (TPSA) is 150 Å². The summed E-state index contributed by atoms with van der Waals surface area (Å²) in [6.07, 6.45) is 1.54. The number of hydrogen-bond donors (Lipinski definition) is 1. The third kappa shape index (κ3) is 6.59. The number of ether oxygens (including phenoxy) is 1. The molecule has 0 unspecified atom stereocenters. The zero-order valence-corrected chi connectivity index (χ0v) is 27.2. The fourth-order valence-electron chi connectivity index (χ4n) is 5.10. The molecular weight excluding hydrogens is 662 g/mol. The second-order valence-electron chi connectivity index (χ2n) is 10.3. The largest absolute Gasteiger partial charge is 0.463 e. The number of rotatable bonds is 8.